The molecule has 0 unspecified atom stereocenters. The van der Waals surface area contributed by atoms with Gasteiger partial charge in [-0.2, -0.15) is 5.10 Å². The van der Waals surface area contributed by atoms with Gasteiger partial charge in [-0.25, -0.2) is 5.43 Å². The average Bonchev–Trinajstić information content (AvgIpc) is 2.53. The molecule has 0 radical (unpaired) electrons. The summed E-state index contributed by atoms with van der Waals surface area (Å²) in [5, 5.41) is 15.8. The Labute approximate surface area is 137 Å². The Kier molecular flexibility index (Phi) is 5.32. The molecule has 23 heavy (non-hydrogen) atoms. The zero-order chi connectivity index (χ0) is 16.8. The maximum absolute atomic E-state index is 11.8. The van der Waals surface area contributed by atoms with Gasteiger partial charge in [-0.1, -0.05) is 17.7 Å². The Hall–Kier alpha value is -2.86. The van der Waals surface area contributed by atoms with Crippen molar-refractivity contribution < 1.29 is 14.7 Å². The van der Waals surface area contributed by atoms with Gasteiger partial charge in [0.1, 0.15) is 5.75 Å². The van der Waals surface area contributed by atoms with E-state index in [1.54, 1.807) is 37.3 Å². The molecule has 3 N–H and O–H groups in total. The Morgan fingerprint density at radius 1 is 1.13 bits per heavy atom. The van der Waals surface area contributed by atoms with Crippen molar-refractivity contribution in [2.45, 2.75) is 6.92 Å². The van der Waals surface area contributed by atoms with E-state index in [1.165, 1.54) is 18.3 Å². The van der Waals surface area contributed by atoms with Crippen LogP contribution in [0.15, 0.2) is 47.6 Å². The summed E-state index contributed by atoms with van der Waals surface area (Å²) in [5.74, 6) is -1.62. The second kappa shape index (κ2) is 7.42. The Balaban J connectivity index is 1.94. The molecule has 2 amide bonds. The summed E-state index contributed by atoms with van der Waals surface area (Å²) in [7, 11) is 0. The summed E-state index contributed by atoms with van der Waals surface area (Å²) in [6.07, 6.45) is 1.36. The average molecular weight is 332 g/mol. The molecular formula is C16H14ClN3O3. The van der Waals surface area contributed by atoms with E-state index in [1.807, 2.05) is 0 Å². The molecular weight excluding hydrogens is 318 g/mol. The SMILES string of the molecule is Cc1c(Cl)cccc1NC(=O)C(=O)NN=Cc1ccc(O)cc1. The topological polar surface area (TPSA) is 90.8 Å². The number of hydrogen-bond acceptors (Lipinski definition) is 4. The van der Waals surface area contributed by atoms with E-state index in [0.29, 0.717) is 21.8 Å². The van der Waals surface area contributed by atoms with Gasteiger partial charge in [-0.15, -0.1) is 0 Å². The van der Waals surface area contributed by atoms with Gasteiger partial charge in [-0.05, 0) is 54.4 Å². The molecule has 0 aliphatic heterocycles. The lowest BCUT2D eigenvalue weighted by Gasteiger charge is -2.08. The molecule has 0 aromatic heterocycles. The minimum Gasteiger partial charge on any atom is -0.508 e. The van der Waals surface area contributed by atoms with Crippen molar-refractivity contribution in [1.29, 1.82) is 0 Å². The van der Waals surface area contributed by atoms with Crippen molar-refractivity contribution >= 4 is 35.3 Å². The second-order valence-electron chi connectivity index (χ2n) is 4.66. The lowest BCUT2D eigenvalue weighted by atomic mass is 10.2. The van der Waals surface area contributed by atoms with Crippen molar-refractivity contribution in [3.63, 3.8) is 0 Å². The molecule has 6 nitrogen and oxygen atoms in total. The molecule has 0 heterocycles. The van der Waals surface area contributed by atoms with Crippen LogP contribution in [0.5, 0.6) is 5.75 Å². The summed E-state index contributed by atoms with van der Waals surface area (Å²) >= 11 is 5.95. The number of anilines is 1. The van der Waals surface area contributed by atoms with Gasteiger partial charge in [0, 0.05) is 10.7 Å². The zero-order valence-corrected chi connectivity index (χ0v) is 13.0. The molecule has 7 heteroatoms. The molecule has 0 bridgehead atoms. The van der Waals surface area contributed by atoms with Crippen LogP contribution >= 0.6 is 11.6 Å². The van der Waals surface area contributed by atoms with Crippen LogP contribution < -0.4 is 10.7 Å². The van der Waals surface area contributed by atoms with Crippen LogP contribution in [0.3, 0.4) is 0 Å². The highest BCUT2D eigenvalue weighted by atomic mass is 35.5. The number of carbonyl (C=O) groups excluding carboxylic acids is 2. The van der Waals surface area contributed by atoms with Crippen LogP contribution in [0, 0.1) is 6.92 Å². The van der Waals surface area contributed by atoms with Crippen LogP contribution in [0.25, 0.3) is 0 Å². The standard InChI is InChI=1S/C16H14ClN3O3/c1-10-13(17)3-2-4-14(10)19-15(22)16(23)20-18-9-11-5-7-12(21)8-6-11/h2-9,21H,1H3,(H,19,22)(H,20,23). The highest BCUT2D eigenvalue weighted by molar-refractivity contribution is 6.40. The number of amides is 2. The maximum Gasteiger partial charge on any atom is 0.329 e. The number of hydrazone groups is 1. The van der Waals surface area contributed by atoms with E-state index in [2.05, 4.69) is 15.8 Å². The summed E-state index contributed by atoms with van der Waals surface area (Å²) < 4.78 is 0. The molecule has 0 atom stereocenters. The number of nitrogens with one attached hydrogen (secondary N) is 2. The van der Waals surface area contributed by atoms with E-state index in [-0.39, 0.29) is 5.75 Å². The Morgan fingerprint density at radius 3 is 2.52 bits per heavy atom. The van der Waals surface area contributed by atoms with Gasteiger partial charge in [-0.3, -0.25) is 9.59 Å². The predicted octanol–water partition coefficient (Wildman–Crippen LogP) is 2.44. The molecule has 0 saturated carbocycles. The van der Waals surface area contributed by atoms with Crippen molar-refractivity contribution in [3.8, 4) is 5.75 Å². The summed E-state index contributed by atoms with van der Waals surface area (Å²) in [5.41, 5.74) is 3.91. The van der Waals surface area contributed by atoms with Gasteiger partial charge in [0.15, 0.2) is 0 Å². The van der Waals surface area contributed by atoms with Gasteiger partial charge < -0.3 is 10.4 Å². The predicted molar refractivity (Wildman–Crippen MR) is 88.7 cm³/mol. The molecule has 0 aliphatic carbocycles. The molecule has 0 saturated heterocycles. The Bertz CT molecular complexity index is 758. The van der Waals surface area contributed by atoms with E-state index in [9.17, 15) is 9.59 Å². The molecule has 0 aliphatic rings. The number of nitrogens with zero attached hydrogens (tertiary/aromatic N) is 1. The van der Waals surface area contributed by atoms with E-state index in [0.717, 1.165) is 0 Å². The lowest BCUT2D eigenvalue weighted by Crippen LogP contribution is -2.32. The monoisotopic (exact) mass is 331 g/mol. The van der Waals surface area contributed by atoms with Crippen molar-refractivity contribution in [2.75, 3.05) is 5.32 Å². The fraction of sp³-hybridized carbons (Fsp3) is 0.0625. The second-order valence-corrected chi connectivity index (χ2v) is 5.06. The number of aromatic hydroxyl groups is 1. The van der Waals surface area contributed by atoms with Crippen molar-refractivity contribution in [2.24, 2.45) is 5.10 Å². The molecule has 2 aromatic carbocycles. The third-order valence-electron chi connectivity index (χ3n) is 2.99. The zero-order valence-electron chi connectivity index (χ0n) is 12.2. The number of phenols is 1. The first-order chi connectivity index (χ1) is 11.0. The third kappa shape index (κ3) is 4.55. The smallest absolute Gasteiger partial charge is 0.329 e. The summed E-state index contributed by atoms with van der Waals surface area (Å²) in [4.78, 5) is 23.5. The maximum atomic E-state index is 11.8. The van der Waals surface area contributed by atoms with Gasteiger partial charge >= 0.3 is 11.8 Å². The van der Waals surface area contributed by atoms with Gasteiger partial charge in [0.2, 0.25) is 0 Å². The van der Waals surface area contributed by atoms with Crippen LogP contribution in [0.1, 0.15) is 11.1 Å². The highest BCUT2D eigenvalue weighted by Crippen LogP contribution is 2.22. The number of halogens is 1. The first-order valence-corrected chi connectivity index (χ1v) is 7.03. The number of benzene rings is 2. The first kappa shape index (κ1) is 16.5. The third-order valence-corrected chi connectivity index (χ3v) is 3.40. The first-order valence-electron chi connectivity index (χ1n) is 6.66. The van der Waals surface area contributed by atoms with Crippen LogP contribution in [-0.4, -0.2) is 23.1 Å². The molecule has 2 rings (SSSR count). The summed E-state index contributed by atoms with van der Waals surface area (Å²) in [6.45, 7) is 1.73. The number of hydrogen-bond donors (Lipinski definition) is 3. The van der Waals surface area contributed by atoms with Crippen molar-refractivity contribution in [1.82, 2.24) is 5.43 Å². The van der Waals surface area contributed by atoms with E-state index >= 15 is 0 Å². The van der Waals surface area contributed by atoms with Crippen LogP contribution in [-0.2, 0) is 9.59 Å². The number of phenolic OH excluding ortho intramolecular Hbond substituents is 1. The van der Waals surface area contributed by atoms with Crippen LogP contribution in [0.4, 0.5) is 5.69 Å². The number of rotatable bonds is 3. The molecule has 2 aromatic rings. The van der Waals surface area contributed by atoms with E-state index in [4.69, 9.17) is 16.7 Å². The summed E-state index contributed by atoms with van der Waals surface area (Å²) in [6, 6.07) is 11.2. The van der Waals surface area contributed by atoms with Gasteiger partial charge in [0.25, 0.3) is 0 Å². The fourth-order valence-corrected chi connectivity index (χ4v) is 1.87. The Morgan fingerprint density at radius 2 is 1.83 bits per heavy atom. The highest BCUT2D eigenvalue weighted by Gasteiger charge is 2.14. The molecule has 0 fully saturated rings. The minimum atomic E-state index is -0.903. The minimum absolute atomic E-state index is 0.127. The lowest BCUT2D eigenvalue weighted by molar-refractivity contribution is -0.136. The van der Waals surface area contributed by atoms with Crippen molar-refractivity contribution in [3.05, 3.63) is 58.6 Å². The van der Waals surface area contributed by atoms with Gasteiger partial charge in [0.05, 0.1) is 6.21 Å². The fourth-order valence-electron chi connectivity index (χ4n) is 1.70. The normalized spacial score (nSPS) is 10.5. The van der Waals surface area contributed by atoms with E-state index < -0.39 is 11.8 Å². The number of carbonyl (C=O) groups is 2. The molecule has 0 spiro atoms. The molecule has 118 valence electrons. The largest absolute Gasteiger partial charge is 0.508 e. The van der Waals surface area contributed by atoms with Crippen LogP contribution in [0.2, 0.25) is 5.02 Å². The quantitative estimate of drug-likeness (QED) is 0.458.